The van der Waals surface area contributed by atoms with Gasteiger partial charge in [-0.25, -0.2) is 9.97 Å². The van der Waals surface area contributed by atoms with Crippen molar-refractivity contribution < 1.29 is 28.1 Å². The summed E-state index contributed by atoms with van der Waals surface area (Å²) in [4.78, 5) is 41.4. The normalized spacial score (nSPS) is 16.6. The topological polar surface area (TPSA) is 324 Å². The molecule has 11 aliphatic heterocycles. The monoisotopic (exact) mass is 1620 g/mol. The molecule has 22 rings (SSSR count). The summed E-state index contributed by atoms with van der Waals surface area (Å²) in [5.74, 6) is 0. The molecule has 0 spiro atoms. The molecule has 0 N–H and O–H groups in total. The minimum atomic E-state index is 0.417. The Balaban J connectivity index is 0.000000613. The van der Waals surface area contributed by atoms with E-state index in [9.17, 15) is 0 Å². The Kier molecular flexibility index (Phi) is 91.2. The van der Waals surface area contributed by atoms with Crippen molar-refractivity contribution in [3.8, 4) is 0 Å². The molecule has 636 valence electrons. The van der Waals surface area contributed by atoms with E-state index in [0.717, 1.165) is 105 Å². The average molecular weight is 1630 g/mol. The van der Waals surface area contributed by atoms with Crippen LogP contribution in [0.15, 0.2) is 304 Å². The Hall–Kier alpha value is -10.2. The number of rotatable bonds is 0. The number of hydrogen-bond acceptors (Lipinski definition) is 28. The van der Waals surface area contributed by atoms with E-state index in [1.54, 1.807) is 135 Å². The molecule has 15 aliphatic rings. The largest absolute Gasteiger partial charge is 0.431 e. The van der Waals surface area contributed by atoms with E-state index >= 15 is 0 Å². The minimum absolute atomic E-state index is 0.417. The van der Waals surface area contributed by atoms with Crippen molar-refractivity contribution in [1.29, 1.82) is 0 Å². The van der Waals surface area contributed by atoms with Crippen molar-refractivity contribution >= 4 is 48.6 Å². The molecule has 27 nitrogen and oxygen atoms in total. The SMILES string of the molecule is C1=CCN=C1.C1=CCN=C1.C1=CN=CC1.C1=CN=CC1.C1=CN=NC1.C1=NN=CC1.C1CCC1.C1CCC1.C1CCCC1.C1CCCCC1.C1CCOC1.C1CCOCC1.C1CCOCC1.C1COCCO1.C1N=NN=N1.c1ccccc1.c1ccncc1.c1ccncc1.c1cnccn1.c1cncnc1.c1cscn1.c1nnco1. The molecular formula is C89H133N21O6S. The van der Waals surface area contributed by atoms with Crippen LogP contribution in [-0.4, -0.2) is 175 Å². The Bertz CT molecular complexity index is 2550. The third-order valence-corrected chi connectivity index (χ3v) is 15.7. The number of allylic oxidation sites excluding steroid dienone is 4. The van der Waals surface area contributed by atoms with Crippen molar-refractivity contribution in [1.82, 2.24) is 45.1 Å². The van der Waals surface area contributed by atoms with Crippen molar-refractivity contribution in [2.75, 3.05) is 92.4 Å². The fraction of sp³-hybridized carbons (Fsp3) is 0.494. The Morgan fingerprint density at radius 3 is 0.761 bits per heavy atom. The highest BCUT2D eigenvalue weighted by molar-refractivity contribution is 7.07. The number of aromatic nitrogens is 9. The highest BCUT2D eigenvalue weighted by atomic mass is 32.1. The molecule has 0 amide bonds. The number of benzene rings is 1. The number of pyridine rings is 2. The second-order valence-electron chi connectivity index (χ2n) is 24.9. The Morgan fingerprint density at radius 1 is 0.274 bits per heavy atom. The fourth-order valence-corrected chi connectivity index (χ4v) is 8.78. The number of thiazole rings is 1. The van der Waals surface area contributed by atoms with Crippen molar-refractivity contribution in [2.45, 2.75) is 193 Å². The van der Waals surface area contributed by atoms with Crippen LogP contribution in [0.4, 0.5) is 0 Å². The van der Waals surface area contributed by atoms with Crippen LogP contribution in [-0.2, 0) is 23.7 Å². The first-order valence-electron chi connectivity index (χ1n) is 41.4. The molecule has 0 radical (unpaired) electrons. The lowest BCUT2D eigenvalue weighted by Crippen LogP contribution is -2.16. The predicted molar refractivity (Wildman–Crippen MR) is 479 cm³/mol. The minimum Gasteiger partial charge on any atom is -0.431 e. The summed E-state index contributed by atoms with van der Waals surface area (Å²) in [6, 6.07) is 25.2. The maximum Gasteiger partial charge on any atom is 0.203 e. The van der Waals surface area contributed by atoms with Crippen LogP contribution in [0.25, 0.3) is 0 Å². The van der Waals surface area contributed by atoms with Crippen LogP contribution in [0.2, 0.25) is 0 Å². The number of azo groups is 1. The molecule has 7 aromatic rings. The van der Waals surface area contributed by atoms with Crippen LogP contribution in [0.5, 0.6) is 0 Å². The molecule has 0 unspecified atom stereocenters. The smallest absolute Gasteiger partial charge is 0.203 e. The average Bonchev–Trinajstić information content (AvgIpc) is 4.53. The first-order valence-corrected chi connectivity index (χ1v) is 42.3. The summed E-state index contributed by atoms with van der Waals surface area (Å²) in [5, 5.41) is 35.8. The highest BCUT2D eigenvalue weighted by Gasteiger charge is 1.99. The van der Waals surface area contributed by atoms with E-state index in [4.69, 9.17) is 23.7 Å². The van der Waals surface area contributed by atoms with Gasteiger partial charge < -0.3 is 28.1 Å². The maximum atomic E-state index is 5.07. The van der Waals surface area contributed by atoms with Gasteiger partial charge in [-0.1, -0.05) is 195 Å². The van der Waals surface area contributed by atoms with Gasteiger partial charge >= 0.3 is 0 Å². The van der Waals surface area contributed by atoms with E-state index in [-0.39, 0.29) is 0 Å². The zero-order chi connectivity index (χ0) is 82.7. The third kappa shape index (κ3) is 99.9. The lowest BCUT2D eigenvalue weighted by molar-refractivity contribution is -0.0334. The van der Waals surface area contributed by atoms with Gasteiger partial charge in [0.05, 0.1) is 51.6 Å². The van der Waals surface area contributed by atoms with Crippen LogP contribution >= 0.6 is 11.3 Å². The summed E-state index contributed by atoms with van der Waals surface area (Å²) in [5.41, 5.74) is 1.79. The zero-order valence-corrected chi connectivity index (χ0v) is 70.2. The number of ether oxygens (including phenoxy) is 5. The van der Waals surface area contributed by atoms with Crippen LogP contribution in [0.3, 0.4) is 0 Å². The summed E-state index contributed by atoms with van der Waals surface area (Å²) in [6.45, 7) is 12.1. The predicted octanol–water partition coefficient (Wildman–Crippen LogP) is 22.0. The van der Waals surface area contributed by atoms with Gasteiger partial charge in [0.1, 0.15) is 6.33 Å². The molecular weight excluding hydrogens is 1490 g/mol. The van der Waals surface area contributed by atoms with Crippen molar-refractivity contribution in [3.05, 3.63) is 238 Å². The first kappa shape index (κ1) is 105. The van der Waals surface area contributed by atoms with Gasteiger partial charge in [-0.05, 0) is 110 Å². The summed E-state index contributed by atoms with van der Waals surface area (Å²) in [6.07, 6.45) is 94.7. The summed E-state index contributed by atoms with van der Waals surface area (Å²) >= 11 is 1.60. The van der Waals surface area contributed by atoms with Gasteiger partial charge in [0.25, 0.3) is 0 Å². The molecule has 8 fully saturated rings. The van der Waals surface area contributed by atoms with E-state index in [2.05, 4.69) is 111 Å². The Morgan fingerprint density at radius 2 is 0.632 bits per heavy atom. The standard InChI is InChI=1S/C6H12.C6H6.2C5H5N.2C5H10O.C5H10.2C4H4N2.4C4H5N.C4H8O2.C4H8O.2C4H8.2C3H4N2.C3H3NS.C2H2N2O.CH2N4/c6*1-2-4-6-5-3-1;1-2-4-5-3-1;1-2-6-4-3-5-1;1-2-5-4-6-3-1;4*1-2-4-5-3-1;1-2-6-4-3-5-1;1-2-4-5-3-1;2*1-2-4-3-1;2*1-2-4-5-3-1;1-2-5-3-4-1;1-3-4-2-5-1;1-2-4-5-3-1/h1-6H2;1-6H;2*1-5H;2*1-5H2;1-5H2;2*1-4H;2*1,3-4H,2H2;2*1-3H,4H2;1-4H2;1-4H2;2*1-4H2;2-3H,1H2;1-2H,3H2;1-3H;1-2H;1H2. The van der Waals surface area contributed by atoms with E-state index in [1.807, 2.05) is 133 Å². The molecule has 6 aromatic heterocycles. The molecule has 4 saturated heterocycles. The van der Waals surface area contributed by atoms with Gasteiger partial charge in [0.15, 0.2) is 6.67 Å². The van der Waals surface area contributed by atoms with Gasteiger partial charge in [0, 0.05) is 188 Å². The highest BCUT2D eigenvalue weighted by Crippen LogP contribution is 2.17. The molecule has 17 heterocycles. The summed E-state index contributed by atoms with van der Waals surface area (Å²) in [7, 11) is 0. The van der Waals surface area contributed by atoms with Crippen LogP contribution < -0.4 is 0 Å². The van der Waals surface area contributed by atoms with Crippen molar-refractivity contribution in [2.24, 2.45) is 61.1 Å². The van der Waals surface area contributed by atoms with Crippen LogP contribution in [0.1, 0.15) is 193 Å². The maximum absolute atomic E-state index is 5.07. The second-order valence-corrected chi connectivity index (χ2v) is 25.7. The number of hydrogen-bond donors (Lipinski definition) is 0. The molecule has 0 bridgehead atoms. The van der Waals surface area contributed by atoms with Gasteiger partial charge in [0.2, 0.25) is 12.8 Å². The van der Waals surface area contributed by atoms with Gasteiger partial charge in [-0.2, -0.15) is 20.4 Å². The fourth-order valence-electron chi connectivity index (χ4n) is 8.43. The lowest BCUT2D eigenvalue weighted by atomic mass is 10.0. The van der Waals surface area contributed by atoms with Crippen molar-refractivity contribution in [3.63, 3.8) is 0 Å². The Labute approximate surface area is 702 Å². The third-order valence-electron chi connectivity index (χ3n) is 15.2. The van der Waals surface area contributed by atoms with E-state index < -0.39 is 0 Å². The zero-order valence-electron chi connectivity index (χ0n) is 69.3. The molecule has 0 atom stereocenters. The number of aliphatic imine (C=N–C) groups is 4. The van der Waals surface area contributed by atoms with Crippen LogP contribution in [0, 0.1) is 0 Å². The van der Waals surface area contributed by atoms with E-state index in [1.165, 1.54) is 192 Å². The number of nitrogens with zero attached hydrogens (tertiary/aromatic N) is 21. The first-order chi connectivity index (χ1) is 58.5. The second kappa shape index (κ2) is 102. The van der Waals surface area contributed by atoms with Gasteiger partial charge in [-0.3, -0.25) is 44.9 Å². The molecule has 28 heteroatoms. The molecule has 4 saturated carbocycles. The quantitative estimate of drug-likeness (QED) is 0.136. The molecule has 117 heavy (non-hydrogen) atoms. The molecule has 1 aromatic carbocycles. The molecule has 4 aliphatic carbocycles. The van der Waals surface area contributed by atoms with Gasteiger partial charge in [-0.15, -0.1) is 31.8 Å². The lowest BCUT2D eigenvalue weighted by Gasteiger charge is -2.09. The summed E-state index contributed by atoms with van der Waals surface area (Å²) < 4.78 is 29.3. The van der Waals surface area contributed by atoms with E-state index in [0.29, 0.717) is 6.67 Å².